The summed E-state index contributed by atoms with van der Waals surface area (Å²) in [4.78, 5) is 81.9. The van der Waals surface area contributed by atoms with E-state index in [0.717, 1.165) is 12.1 Å². The van der Waals surface area contributed by atoms with Gasteiger partial charge in [0.2, 0.25) is 52.5 Å². The molecule has 0 bridgehead atoms. The van der Waals surface area contributed by atoms with Gasteiger partial charge in [0.15, 0.2) is 47.2 Å². The minimum absolute atomic E-state index is 0. The number of nitrogens with two attached hydrogens (primary N) is 4. The van der Waals surface area contributed by atoms with E-state index in [1.807, 2.05) is 6.07 Å². The molecule has 4 aromatic heterocycles. The zero-order valence-electron chi connectivity index (χ0n) is 75.6. The number of nitro groups is 4. The number of aromatic nitrogens is 8. The molecule has 0 saturated carbocycles. The molecule has 0 atom stereocenters. The van der Waals surface area contributed by atoms with Gasteiger partial charge in [0.05, 0.1) is 88.7 Å². The van der Waals surface area contributed by atoms with Gasteiger partial charge < -0.3 is 61.1 Å². The Balaban J connectivity index is 0.000000832. The number of sulfonamides is 3. The molecule has 4 heterocycles. The summed E-state index contributed by atoms with van der Waals surface area (Å²) in [5.41, 5.74) is 23.5. The van der Waals surface area contributed by atoms with E-state index >= 15 is 0 Å². The summed E-state index contributed by atoms with van der Waals surface area (Å²) in [5.74, 6) is 0.988. The second-order valence-electron chi connectivity index (χ2n) is 25.3. The summed E-state index contributed by atoms with van der Waals surface area (Å²) >= 11 is 40.2. The Morgan fingerprint density at radius 1 is 0.380 bits per heavy atom. The Morgan fingerprint density at radius 2 is 0.690 bits per heavy atom. The van der Waals surface area contributed by atoms with Gasteiger partial charge in [-0.25, -0.2) is 89.6 Å². The molecule has 0 amide bonds. The van der Waals surface area contributed by atoms with Gasteiger partial charge in [0.1, 0.15) is 34.6 Å². The second kappa shape index (κ2) is 62.5. The van der Waals surface area contributed by atoms with E-state index in [4.69, 9.17) is 119 Å². The molecule has 0 fully saturated rings. The Labute approximate surface area is 938 Å². The van der Waals surface area contributed by atoms with Crippen molar-refractivity contribution < 1.29 is 189 Å². The Bertz CT molecular complexity index is 7260. The summed E-state index contributed by atoms with van der Waals surface area (Å²) in [6, 6.07) is 54.6. The number of carbonyl (C=O) groups is 1. The molecule has 0 radical (unpaired) electrons. The summed E-state index contributed by atoms with van der Waals surface area (Å²) in [6.07, 6.45) is 5.42. The molecule has 16 N–H and O–H groups in total. The van der Waals surface area contributed by atoms with Crippen LogP contribution in [0.2, 0.25) is 35.8 Å². The first-order chi connectivity index (χ1) is 65.9. The maximum atomic E-state index is 12.2. The average Bonchev–Trinajstić information content (AvgIpc) is 0.791. The number of para-hydroxylation sites is 6. The van der Waals surface area contributed by atoms with Crippen molar-refractivity contribution in [1.29, 1.82) is 0 Å². The maximum absolute atomic E-state index is 12.2. The number of halogens is 8. The van der Waals surface area contributed by atoms with Crippen LogP contribution in [0.25, 0.3) is 0 Å². The average molecular weight is 2290 g/mol. The fraction of sp³-hybridized carbons (Fsp3) is 0.101. The van der Waals surface area contributed by atoms with Crippen LogP contribution in [-0.2, 0) is 68.5 Å². The number of nitro benzene ring substituents is 4. The number of nitrogen functional groups attached to an aromatic ring is 3. The summed E-state index contributed by atoms with van der Waals surface area (Å²) in [6.45, 7) is 2.87. The molecule has 13 rings (SSSR count). The molecule has 63 heteroatoms. The smallest absolute Gasteiger partial charge is 1.00 e. The van der Waals surface area contributed by atoms with Crippen molar-refractivity contribution in [1.82, 2.24) is 54.0 Å². The Morgan fingerprint density at radius 3 is 1.03 bits per heavy atom. The molecule has 0 saturated heterocycles. The van der Waals surface area contributed by atoms with Gasteiger partial charge in [-0.05, 0) is 142 Å². The van der Waals surface area contributed by atoms with Gasteiger partial charge in [0, 0.05) is 69.8 Å². The van der Waals surface area contributed by atoms with Crippen molar-refractivity contribution in [2.45, 2.75) is 43.2 Å². The van der Waals surface area contributed by atoms with E-state index < -0.39 is 89.1 Å². The number of nitrogens with one attached hydrogen (secondary N) is 8. The second-order valence-corrected chi connectivity index (χ2v) is 40.6. The summed E-state index contributed by atoms with van der Waals surface area (Å²) in [5, 5.41) is 66.1. The van der Waals surface area contributed by atoms with Crippen LogP contribution in [0, 0.1) is 40.5 Å². The normalized spacial score (nSPS) is 10.5. The number of sulfone groups is 2. The van der Waals surface area contributed by atoms with Gasteiger partial charge in [-0.1, -0.05) is 163 Å². The van der Waals surface area contributed by atoms with E-state index in [2.05, 4.69) is 91.2 Å². The van der Waals surface area contributed by atoms with E-state index in [9.17, 15) is 91.0 Å². The molecule has 0 aliphatic carbocycles. The standard InChI is InChI=1S/C17H15ClN6O4S.C17H17ClN6O2S.C11H10Cl2N4O2S.C8H9NO4S.C8H11NO2S.C6H4ClNO4S.C6H6N2O2.C4HCl3N2.CH5N.CH2O3.2K.H/c1-19-29(27,28)15-8-3-2-7-14(15)22-16-13(18)10-20-17(23-16)21-11-5-4-6-12(9-11)24(25)26;1-20-27(25,26)15-8-3-2-7-14(15)23-16-13(18)10-21-17(24-16)22-12-6-4-5-11(19)9-12;1-14-20(18,19)9-5-3-2-4-8(9)16-10-7(12)6-15-11(13)17-10;1-2-14(12,13)8-6-4-3-5-7(8)9(10)11;1-2-12(10,11)8-6-4-3-5-7(8)9;7-13(11,12)6-4-2-1-3-5(6)8(9)10;7-5-2-1-3-6(4-5)8(9)10;5-2-1-8-4(7)9-3(2)6;1-2;2-1-4-3;;;/h2-10,19H,1H3,(H2,20,21,22,23);2-10,20H,19H2,1H3,(H2,21,22,23,24);2-6,14H,1H3,(H,15,16,17);3-6H,2H2,1H3;3-6H,2,9H2,1H3;1-4H;1-4H,7H2;1H;2H2,1H3;1,3H;;;/q;;;;;;;;;;2*+1;-1/p-1. The fourth-order valence-corrected chi connectivity index (χ4v) is 16.6. The Kier molecular flexibility index (Phi) is 56.3. The van der Waals surface area contributed by atoms with Gasteiger partial charge in [-0.3, -0.25) is 45.3 Å². The molecule has 0 unspecified atom stereocenters. The number of benzene rings is 9. The topological polar surface area (TPSA) is 730 Å². The zero-order chi connectivity index (χ0) is 105. The number of nitrogens with zero attached hydrogens (tertiary/aromatic N) is 12. The van der Waals surface area contributed by atoms with E-state index in [1.165, 1.54) is 151 Å². The molecule has 0 aliphatic rings. The van der Waals surface area contributed by atoms with Crippen molar-refractivity contribution in [3.05, 3.63) is 319 Å². The first-order valence-electron chi connectivity index (χ1n) is 38.0. The largest absolute Gasteiger partial charge is 1.00 e. The number of hydrogen-bond acceptors (Lipinski definition) is 40. The Hall–Kier alpha value is -10.1. The molecular formula is C79H80Cl8K2N24O23S6. The van der Waals surface area contributed by atoms with Gasteiger partial charge in [0.25, 0.3) is 38.3 Å². The molecule has 0 spiro atoms. The van der Waals surface area contributed by atoms with Gasteiger partial charge in [-0.2, -0.15) is 15.0 Å². The van der Waals surface area contributed by atoms with E-state index in [-0.39, 0.29) is 230 Å². The van der Waals surface area contributed by atoms with E-state index in [0.29, 0.717) is 44.8 Å². The minimum Gasteiger partial charge on any atom is -1.00 e. The van der Waals surface area contributed by atoms with Crippen LogP contribution >= 0.6 is 91.9 Å². The van der Waals surface area contributed by atoms with Crippen LogP contribution in [0.4, 0.5) is 97.6 Å². The van der Waals surface area contributed by atoms with Crippen molar-refractivity contribution in [2.75, 3.05) is 83.5 Å². The van der Waals surface area contributed by atoms with Crippen LogP contribution in [0.5, 0.6) is 0 Å². The maximum Gasteiger partial charge on any atom is 1.00 e. The van der Waals surface area contributed by atoms with Gasteiger partial charge in [-0.15, -0.1) is 0 Å². The van der Waals surface area contributed by atoms with E-state index in [1.54, 1.807) is 116 Å². The molecule has 47 nitrogen and oxygen atoms in total. The number of anilines is 13. The number of hydrogen-bond donors (Lipinski definition) is 12. The SMILES string of the molecule is CCS(=O)(=O)c1ccccc1N.CCS(=O)(=O)c1ccccc1[N+](=O)[O-].CN.CNS(=O)(=O)c1ccccc1Nc1nc(Cl)ncc1Cl.CNS(=O)(=O)c1ccccc1Nc1nc(Nc2cccc(N)c2)ncc1Cl.CNS(=O)(=O)c1ccccc1Nc1nc(Nc2cccc([N+](=O)[O-])c2)ncc1Cl.Clc1ncc(Cl)c(Cl)n1.Nc1cccc([N+](=O)[O-])c1.O=CO[O-].O=[N+]([O-])c1ccccc1S(=O)(=O)Cl.[H-].[K+].[K+]. The first kappa shape index (κ1) is 128. The quantitative estimate of drug-likeness (QED) is 0.00277. The van der Waals surface area contributed by atoms with Crippen molar-refractivity contribution >= 4 is 255 Å². The molecule has 9 aromatic carbocycles. The first-order valence-corrected chi connectivity index (χ1v) is 50.8. The van der Waals surface area contributed by atoms with Crippen LogP contribution in [0.3, 0.4) is 0 Å². The van der Waals surface area contributed by atoms with Crippen molar-refractivity contribution in [3.8, 4) is 0 Å². The minimum atomic E-state index is -4.05. The number of carbonyl (C=O) groups excluding carboxylic acids is 1. The predicted octanol–water partition coefficient (Wildman–Crippen LogP) is 8.69. The molecular weight excluding hydrogens is 2210 g/mol. The van der Waals surface area contributed by atoms with Crippen LogP contribution in [-0.4, -0.2) is 156 Å². The predicted molar refractivity (Wildman–Crippen MR) is 533 cm³/mol. The molecule has 0 aliphatic heterocycles. The van der Waals surface area contributed by atoms with Crippen molar-refractivity contribution in [2.24, 2.45) is 5.73 Å². The third-order valence-electron chi connectivity index (χ3n) is 16.3. The third kappa shape index (κ3) is 42.3. The molecule has 13 aromatic rings. The molecule has 142 heavy (non-hydrogen) atoms. The third-order valence-corrected chi connectivity index (χ3v) is 27.5. The van der Waals surface area contributed by atoms with Gasteiger partial charge >= 0.3 is 103 Å². The molecule has 748 valence electrons. The number of rotatable bonds is 26. The zero-order valence-corrected chi connectivity index (χ0v) is 91.8. The van der Waals surface area contributed by atoms with Crippen LogP contribution in [0.15, 0.2) is 273 Å². The van der Waals surface area contributed by atoms with Crippen LogP contribution < -0.4 is 172 Å². The number of non-ortho nitro benzene ring substituents is 2. The summed E-state index contributed by atoms with van der Waals surface area (Å²) < 4.78 is 147. The van der Waals surface area contributed by atoms with Crippen molar-refractivity contribution in [3.63, 3.8) is 0 Å². The van der Waals surface area contributed by atoms with Crippen LogP contribution in [0.1, 0.15) is 15.3 Å². The summed E-state index contributed by atoms with van der Waals surface area (Å²) in [7, 11) is -11.2. The monoisotopic (exact) mass is 2280 g/mol. The fourth-order valence-electron chi connectivity index (χ4n) is 9.89.